The Labute approximate surface area is 243 Å². The van der Waals surface area contributed by atoms with E-state index in [0.29, 0.717) is 30.0 Å². The summed E-state index contributed by atoms with van der Waals surface area (Å²) in [7, 11) is 3.45. The fourth-order valence-corrected chi connectivity index (χ4v) is 6.86. The van der Waals surface area contributed by atoms with Gasteiger partial charge in [-0.25, -0.2) is 4.39 Å². The third-order valence-corrected chi connectivity index (χ3v) is 9.28. The lowest BCUT2D eigenvalue weighted by atomic mass is 9.73. The molecule has 1 unspecified atom stereocenters. The molecule has 3 aromatic rings. The first-order valence-electron chi connectivity index (χ1n) is 15.0. The number of hydrogen-bond acceptors (Lipinski definition) is 3. The van der Waals surface area contributed by atoms with Gasteiger partial charge in [-0.15, -0.1) is 0 Å². The van der Waals surface area contributed by atoms with E-state index in [9.17, 15) is 14.0 Å². The number of carbonyl (C=O) groups is 2. The van der Waals surface area contributed by atoms with Gasteiger partial charge in [-0.3, -0.25) is 14.6 Å². The van der Waals surface area contributed by atoms with E-state index in [1.807, 2.05) is 32.0 Å². The number of pyridine rings is 1. The van der Waals surface area contributed by atoms with Crippen LogP contribution < -0.4 is 0 Å². The number of allylic oxidation sites excluding steroid dienone is 2. The highest BCUT2D eigenvalue weighted by Crippen LogP contribution is 2.41. The van der Waals surface area contributed by atoms with Gasteiger partial charge in [0.15, 0.2) is 5.78 Å². The lowest BCUT2D eigenvalue weighted by Crippen LogP contribution is -2.29. The fourth-order valence-electron chi connectivity index (χ4n) is 6.86. The largest absolute Gasteiger partial charge is 0.343 e. The monoisotopic (exact) mass is 552 g/mol. The maximum Gasteiger partial charge on any atom is 0.271 e. The van der Waals surface area contributed by atoms with Crippen LogP contribution in [0.5, 0.6) is 0 Å². The molecule has 4 nitrogen and oxygen atoms in total. The Morgan fingerprint density at radius 2 is 1.71 bits per heavy atom. The molecule has 41 heavy (non-hydrogen) atoms. The predicted molar refractivity (Wildman–Crippen MR) is 163 cm³/mol. The Morgan fingerprint density at radius 3 is 2.39 bits per heavy atom. The molecular formula is C36H41FN2O2. The first-order valence-corrected chi connectivity index (χ1v) is 15.0. The van der Waals surface area contributed by atoms with Gasteiger partial charge in [-0.2, -0.15) is 0 Å². The fraction of sp³-hybridized carbons (Fsp3) is 0.417. The first-order chi connectivity index (χ1) is 19.7. The zero-order valence-electron chi connectivity index (χ0n) is 25.0. The van der Waals surface area contributed by atoms with Crippen molar-refractivity contribution in [2.45, 2.75) is 72.1 Å². The van der Waals surface area contributed by atoms with Crippen LogP contribution in [-0.2, 0) is 24.1 Å². The molecule has 0 N–H and O–H groups in total. The van der Waals surface area contributed by atoms with E-state index < -0.39 is 0 Å². The molecule has 0 bridgehead atoms. The second-order valence-electron chi connectivity index (χ2n) is 12.0. The summed E-state index contributed by atoms with van der Waals surface area (Å²) in [6.07, 6.45) is 9.40. The molecule has 1 atom stereocenters. The predicted octanol–water partition coefficient (Wildman–Crippen LogP) is 7.80. The number of benzene rings is 2. The summed E-state index contributed by atoms with van der Waals surface area (Å²) in [6.45, 7) is 6.09. The summed E-state index contributed by atoms with van der Waals surface area (Å²) in [4.78, 5) is 32.8. The van der Waals surface area contributed by atoms with Crippen molar-refractivity contribution in [3.05, 3.63) is 93.6 Å². The second kappa shape index (κ2) is 12.1. The Hall–Kier alpha value is -3.60. The molecule has 0 spiro atoms. The van der Waals surface area contributed by atoms with Gasteiger partial charge in [0.1, 0.15) is 11.5 Å². The number of amides is 1. The highest BCUT2D eigenvalue weighted by Gasteiger charge is 2.36. The number of hydrogen-bond donors (Lipinski definition) is 0. The molecule has 1 heterocycles. The van der Waals surface area contributed by atoms with Crippen molar-refractivity contribution in [2.75, 3.05) is 14.1 Å². The zero-order valence-corrected chi connectivity index (χ0v) is 25.0. The Morgan fingerprint density at radius 1 is 0.976 bits per heavy atom. The third kappa shape index (κ3) is 5.77. The minimum atomic E-state index is -0.231. The second-order valence-corrected chi connectivity index (χ2v) is 12.0. The normalized spacial score (nSPS) is 16.0. The van der Waals surface area contributed by atoms with Gasteiger partial charge >= 0.3 is 0 Å². The van der Waals surface area contributed by atoms with Crippen molar-refractivity contribution < 1.29 is 14.0 Å². The quantitative estimate of drug-likeness (QED) is 0.287. The van der Waals surface area contributed by atoms with Crippen molar-refractivity contribution in [2.24, 2.45) is 11.8 Å². The maximum absolute atomic E-state index is 14.9. The number of halogens is 1. The smallest absolute Gasteiger partial charge is 0.271 e. The van der Waals surface area contributed by atoms with Crippen molar-refractivity contribution in [1.29, 1.82) is 0 Å². The summed E-state index contributed by atoms with van der Waals surface area (Å²) < 4.78 is 14.9. The Balaban J connectivity index is 1.52. The van der Waals surface area contributed by atoms with Gasteiger partial charge in [-0.1, -0.05) is 50.5 Å². The number of rotatable bonds is 8. The van der Waals surface area contributed by atoms with E-state index >= 15 is 0 Å². The number of ketones is 1. The molecular weight excluding hydrogens is 511 g/mol. The first kappa shape index (κ1) is 28.9. The molecule has 2 aliphatic rings. The van der Waals surface area contributed by atoms with Crippen LogP contribution in [0.4, 0.5) is 4.39 Å². The Kier molecular flexibility index (Phi) is 8.53. The van der Waals surface area contributed by atoms with Crippen molar-refractivity contribution >= 4 is 17.3 Å². The summed E-state index contributed by atoms with van der Waals surface area (Å²) in [6, 6.07) is 13.6. The van der Waals surface area contributed by atoms with Gasteiger partial charge in [-0.05, 0) is 103 Å². The van der Waals surface area contributed by atoms with Crippen LogP contribution in [0.2, 0.25) is 0 Å². The van der Waals surface area contributed by atoms with E-state index in [0.717, 1.165) is 65.5 Å². The molecule has 214 valence electrons. The van der Waals surface area contributed by atoms with Crippen LogP contribution in [0.1, 0.15) is 84.3 Å². The molecule has 0 saturated heterocycles. The highest BCUT2D eigenvalue weighted by atomic mass is 19.1. The van der Waals surface area contributed by atoms with E-state index in [1.54, 1.807) is 20.3 Å². The maximum atomic E-state index is 14.9. The van der Waals surface area contributed by atoms with Crippen molar-refractivity contribution in [3.63, 3.8) is 0 Å². The van der Waals surface area contributed by atoms with Crippen LogP contribution in [0, 0.1) is 24.6 Å². The summed E-state index contributed by atoms with van der Waals surface area (Å²) in [5, 5.41) is 0. The highest BCUT2D eigenvalue weighted by molar-refractivity contribution is 6.06. The summed E-state index contributed by atoms with van der Waals surface area (Å²) in [5.74, 6) is 0.0184. The van der Waals surface area contributed by atoms with E-state index in [1.165, 1.54) is 28.5 Å². The molecule has 0 aliphatic heterocycles. The number of Topliss-reactive ketones (excluding diaryl/α,β-unsaturated/α-hetero) is 1. The standard InChI is InChI=1S/C36H41FN2O2/c1-6-24-13-14-26(27-16-17-38-33(20-27)36(41)39(4)5)18-28(24)19-31(25-10-8-7-9-11-25)35(40)30-21-29-22(2)12-15-32(37)34(29)23(30)3/h12-18,20,25,31H,6-11,19,21H2,1-5H3. The summed E-state index contributed by atoms with van der Waals surface area (Å²) in [5.41, 5.74) is 9.03. The molecule has 1 saturated carbocycles. The molecule has 1 fully saturated rings. The molecule has 1 aromatic heterocycles. The number of aromatic nitrogens is 1. The minimum Gasteiger partial charge on any atom is -0.343 e. The van der Waals surface area contributed by atoms with Gasteiger partial charge < -0.3 is 4.90 Å². The molecule has 5 rings (SSSR count). The van der Waals surface area contributed by atoms with Gasteiger partial charge in [0.25, 0.3) is 5.91 Å². The molecule has 5 heteroatoms. The van der Waals surface area contributed by atoms with E-state index in [4.69, 9.17) is 0 Å². The van der Waals surface area contributed by atoms with Crippen LogP contribution in [0.25, 0.3) is 16.7 Å². The van der Waals surface area contributed by atoms with Gasteiger partial charge in [0.05, 0.1) is 0 Å². The lowest BCUT2D eigenvalue weighted by Gasteiger charge is -2.31. The average Bonchev–Trinajstić information content (AvgIpc) is 3.35. The van der Waals surface area contributed by atoms with Crippen molar-refractivity contribution in [1.82, 2.24) is 9.88 Å². The topological polar surface area (TPSA) is 50.3 Å². The zero-order chi connectivity index (χ0) is 29.3. The minimum absolute atomic E-state index is 0.131. The van der Waals surface area contributed by atoms with Crippen LogP contribution >= 0.6 is 0 Å². The molecule has 1 amide bonds. The van der Waals surface area contributed by atoms with Crippen LogP contribution in [-0.4, -0.2) is 35.7 Å². The molecule has 0 radical (unpaired) electrons. The molecule has 2 aromatic carbocycles. The van der Waals surface area contributed by atoms with E-state index in [2.05, 4.69) is 30.1 Å². The van der Waals surface area contributed by atoms with Gasteiger partial charge in [0.2, 0.25) is 0 Å². The lowest BCUT2D eigenvalue weighted by molar-refractivity contribution is -0.121. The number of aryl methyl sites for hydroxylation is 2. The average molecular weight is 553 g/mol. The van der Waals surface area contributed by atoms with Crippen LogP contribution in [0.3, 0.4) is 0 Å². The summed E-state index contributed by atoms with van der Waals surface area (Å²) >= 11 is 0. The third-order valence-electron chi connectivity index (χ3n) is 9.28. The number of carbonyl (C=O) groups excluding carboxylic acids is 2. The van der Waals surface area contributed by atoms with Crippen LogP contribution in [0.15, 0.2) is 54.2 Å². The Bertz CT molecular complexity index is 1510. The van der Waals surface area contributed by atoms with Crippen molar-refractivity contribution in [3.8, 4) is 11.1 Å². The number of fused-ring (bicyclic) bond motifs is 1. The van der Waals surface area contributed by atoms with Gasteiger partial charge in [0, 0.05) is 43.8 Å². The SMILES string of the molecule is CCc1ccc(-c2ccnc(C(=O)N(C)C)c2)cc1CC(C(=O)C1=C(C)c2c(F)ccc(C)c2C1)C1CCCCC1. The number of nitrogens with zero attached hydrogens (tertiary/aromatic N) is 2. The molecule has 2 aliphatic carbocycles. The van der Waals surface area contributed by atoms with E-state index in [-0.39, 0.29) is 23.4 Å².